The SMILES string of the molecule is C=CCn1c(SCC(=O)Nc2ncc(Cc3ccc(Cl)cc3Cl)s2)nnc1-c1ccc(OCCC)cc1. The fourth-order valence-corrected chi connectivity index (χ4v) is 5.48. The Hall–Kier alpha value is -2.85. The Morgan fingerprint density at radius 1 is 1.22 bits per heavy atom. The summed E-state index contributed by atoms with van der Waals surface area (Å²) in [4.78, 5) is 17.9. The number of thiazole rings is 1. The van der Waals surface area contributed by atoms with Gasteiger partial charge in [-0.25, -0.2) is 4.98 Å². The van der Waals surface area contributed by atoms with Gasteiger partial charge in [0.15, 0.2) is 16.1 Å². The van der Waals surface area contributed by atoms with Crippen molar-refractivity contribution in [3.63, 3.8) is 0 Å². The van der Waals surface area contributed by atoms with Gasteiger partial charge in [0.05, 0.1) is 12.4 Å². The minimum Gasteiger partial charge on any atom is -0.494 e. The molecule has 7 nitrogen and oxygen atoms in total. The van der Waals surface area contributed by atoms with Gasteiger partial charge in [-0.05, 0) is 48.4 Å². The van der Waals surface area contributed by atoms with Crippen LogP contribution in [0.5, 0.6) is 5.75 Å². The summed E-state index contributed by atoms with van der Waals surface area (Å²) in [6.45, 7) is 7.11. The molecule has 0 aliphatic carbocycles. The smallest absolute Gasteiger partial charge is 0.236 e. The molecule has 1 N–H and O–H groups in total. The summed E-state index contributed by atoms with van der Waals surface area (Å²) in [5, 5.41) is 13.9. The second kappa shape index (κ2) is 13.1. The summed E-state index contributed by atoms with van der Waals surface area (Å²) in [7, 11) is 0. The third kappa shape index (κ3) is 7.35. The number of hydrogen-bond acceptors (Lipinski definition) is 7. The van der Waals surface area contributed by atoms with Crippen LogP contribution in [0.4, 0.5) is 5.13 Å². The van der Waals surface area contributed by atoms with Crippen LogP contribution in [0.25, 0.3) is 11.4 Å². The average molecular weight is 575 g/mol. The van der Waals surface area contributed by atoms with Crippen molar-refractivity contribution in [2.45, 2.75) is 31.5 Å². The molecule has 0 saturated carbocycles. The van der Waals surface area contributed by atoms with E-state index in [1.54, 1.807) is 24.4 Å². The first-order valence-electron chi connectivity index (χ1n) is 11.6. The van der Waals surface area contributed by atoms with E-state index in [2.05, 4.69) is 34.0 Å². The molecule has 0 aliphatic heterocycles. The Balaban J connectivity index is 1.36. The molecule has 2 heterocycles. The van der Waals surface area contributed by atoms with Crippen molar-refractivity contribution in [3.8, 4) is 17.1 Å². The fraction of sp³-hybridized carbons (Fsp3) is 0.231. The molecule has 0 bridgehead atoms. The molecule has 192 valence electrons. The van der Waals surface area contributed by atoms with Crippen molar-refractivity contribution in [1.29, 1.82) is 0 Å². The van der Waals surface area contributed by atoms with Gasteiger partial charge in [0.2, 0.25) is 5.91 Å². The monoisotopic (exact) mass is 573 g/mol. The van der Waals surface area contributed by atoms with Gasteiger partial charge in [0, 0.05) is 39.6 Å². The number of allylic oxidation sites excluding steroid dienone is 1. The zero-order chi connectivity index (χ0) is 26.2. The number of nitrogens with one attached hydrogen (secondary N) is 1. The summed E-state index contributed by atoms with van der Waals surface area (Å²) in [5.74, 6) is 1.50. The number of carbonyl (C=O) groups is 1. The molecular weight excluding hydrogens is 549 g/mol. The molecule has 0 atom stereocenters. The van der Waals surface area contributed by atoms with E-state index in [-0.39, 0.29) is 11.7 Å². The summed E-state index contributed by atoms with van der Waals surface area (Å²) in [6.07, 6.45) is 5.08. The molecule has 11 heteroatoms. The van der Waals surface area contributed by atoms with E-state index in [0.29, 0.717) is 45.7 Å². The lowest BCUT2D eigenvalue weighted by molar-refractivity contribution is -0.113. The standard InChI is InChI=1S/C26H25Cl2N5O2S2/c1-3-11-33-24(17-6-9-20(10-7-17)35-12-4-2)31-32-26(33)36-16-23(34)30-25-29-15-21(37-25)13-18-5-8-19(27)14-22(18)28/h3,5-10,14-15H,1,4,11-13,16H2,2H3,(H,29,30,34). The first-order valence-corrected chi connectivity index (χ1v) is 14.1. The molecule has 0 unspecified atom stereocenters. The number of ether oxygens (including phenoxy) is 1. The van der Waals surface area contributed by atoms with Crippen LogP contribution in [-0.4, -0.2) is 38.0 Å². The molecule has 1 amide bonds. The molecule has 0 fully saturated rings. The van der Waals surface area contributed by atoms with Crippen molar-refractivity contribution in [3.05, 3.63) is 81.8 Å². The van der Waals surface area contributed by atoms with Crippen molar-refractivity contribution in [1.82, 2.24) is 19.7 Å². The maximum Gasteiger partial charge on any atom is 0.236 e. The third-order valence-electron chi connectivity index (χ3n) is 5.13. The number of benzene rings is 2. The number of rotatable bonds is 12. The zero-order valence-corrected chi connectivity index (χ0v) is 23.3. The first kappa shape index (κ1) is 27.2. The molecule has 0 spiro atoms. The van der Waals surface area contributed by atoms with Crippen LogP contribution >= 0.6 is 46.3 Å². The van der Waals surface area contributed by atoms with Crippen LogP contribution in [0.1, 0.15) is 23.8 Å². The predicted molar refractivity (Wildman–Crippen MR) is 152 cm³/mol. The van der Waals surface area contributed by atoms with Gasteiger partial charge in [0.25, 0.3) is 0 Å². The highest BCUT2D eigenvalue weighted by Gasteiger charge is 2.16. The summed E-state index contributed by atoms with van der Waals surface area (Å²) in [5.41, 5.74) is 1.86. The van der Waals surface area contributed by atoms with Crippen molar-refractivity contribution >= 4 is 57.3 Å². The zero-order valence-electron chi connectivity index (χ0n) is 20.1. The average Bonchev–Trinajstić information content (AvgIpc) is 3.50. The molecule has 4 rings (SSSR count). The molecule has 2 aromatic carbocycles. The number of halogens is 2. The van der Waals surface area contributed by atoms with Crippen molar-refractivity contribution in [2.75, 3.05) is 17.7 Å². The number of hydrogen-bond donors (Lipinski definition) is 1. The van der Waals surface area contributed by atoms with Gasteiger partial charge in [-0.15, -0.1) is 28.1 Å². The van der Waals surface area contributed by atoms with Crippen molar-refractivity contribution < 1.29 is 9.53 Å². The number of anilines is 1. The van der Waals surface area contributed by atoms with E-state index in [9.17, 15) is 4.79 Å². The second-order valence-corrected chi connectivity index (χ2v) is 10.9. The third-order valence-corrected chi connectivity index (χ3v) is 7.59. The number of nitrogens with zero attached hydrogens (tertiary/aromatic N) is 4. The van der Waals surface area contributed by atoms with Gasteiger partial charge in [-0.2, -0.15) is 0 Å². The predicted octanol–water partition coefficient (Wildman–Crippen LogP) is 7.00. The van der Waals surface area contributed by atoms with Crippen LogP contribution in [0.3, 0.4) is 0 Å². The normalized spacial score (nSPS) is 10.9. The van der Waals surface area contributed by atoms with Crippen molar-refractivity contribution in [2.24, 2.45) is 0 Å². The lowest BCUT2D eigenvalue weighted by Gasteiger charge is -2.09. The minimum absolute atomic E-state index is 0.164. The number of thioether (sulfide) groups is 1. The molecule has 2 aromatic heterocycles. The summed E-state index contributed by atoms with van der Waals surface area (Å²) < 4.78 is 7.60. The molecule has 4 aromatic rings. The molecule has 0 radical (unpaired) electrons. The van der Waals surface area contributed by atoms with Crippen LogP contribution < -0.4 is 10.1 Å². The highest BCUT2D eigenvalue weighted by molar-refractivity contribution is 7.99. The van der Waals surface area contributed by atoms with Gasteiger partial charge >= 0.3 is 0 Å². The molecular formula is C26H25Cl2N5O2S2. The van der Waals surface area contributed by atoms with Gasteiger partial charge in [-0.1, -0.05) is 54.0 Å². The highest BCUT2D eigenvalue weighted by atomic mass is 35.5. The maximum absolute atomic E-state index is 12.6. The minimum atomic E-state index is -0.178. The number of aromatic nitrogens is 4. The van der Waals surface area contributed by atoms with E-state index in [1.807, 2.05) is 34.9 Å². The maximum atomic E-state index is 12.6. The van der Waals surface area contributed by atoms with Gasteiger partial charge in [0.1, 0.15) is 5.75 Å². The van der Waals surface area contributed by atoms with E-state index in [0.717, 1.165) is 28.2 Å². The Labute approximate surface area is 233 Å². The lowest BCUT2D eigenvalue weighted by atomic mass is 10.1. The summed E-state index contributed by atoms with van der Waals surface area (Å²) in [6, 6.07) is 13.1. The van der Waals surface area contributed by atoms with Crippen LogP contribution in [0.2, 0.25) is 10.0 Å². The Morgan fingerprint density at radius 2 is 2.03 bits per heavy atom. The fourth-order valence-electron chi connectivity index (χ4n) is 3.41. The van der Waals surface area contributed by atoms with Crippen LogP contribution in [0, 0.1) is 0 Å². The van der Waals surface area contributed by atoms with Gasteiger partial charge in [-0.3, -0.25) is 9.36 Å². The van der Waals surface area contributed by atoms with Crippen LogP contribution in [-0.2, 0) is 17.8 Å². The number of amides is 1. The topological polar surface area (TPSA) is 81.9 Å². The second-order valence-electron chi connectivity index (χ2n) is 7.96. The summed E-state index contributed by atoms with van der Waals surface area (Å²) >= 11 is 15.0. The van der Waals surface area contributed by atoms with E-state index >= 15 is 0 Å². The quantitative estimate of drug-likeness (QED) is 0.145. The Morgan fingerprint density at radius 3 is 2.76 bits per heavy atom. The highest BCUT2D eigenvalue weighted by Crippen LogP contribution is 2.28. The van der Waals surface area contributed by atoms with Crippen LogP contribution in [0.15, 0.2) is 66.5 Å². The van der Waals surface area contributed by atoms with Gasteiger partial charge < -0.3 is 10.1 Å². The Kier molecular flexibility index (Phi) is 9.62. The molecule has 0 aliphatic rings. The lowest BCUT2D eigenvalue weighted by Crippen LogP contribution is -2.14. The molecule has 37 heavy (non-hydrogen) atoms. The Bertz CT molecular complexity index is 1370. The van der Waals surface area contributed by atoms with E-state index < -0.39 is 0 Å². The largest absolute Gasteiger partial charge is 0.494 e. The van der Waals surface area contributed by atoms with E-state index in [1.165, 1.54) is 23.1 Å². The van der Waals surface area contributed by atoms with E-state index in [4.69, 9.17) is 27.9 Å². The first-order chi connectivity index (χ1) is 18.0. The number of carbonyl (C=O) groups excluding carboxylic acids is 1. The molecule has 0 saturated heterocycles.